The molecule has 11 heteroatoms. The fourth-order valence-electron chi connectivity index (χ4n) is 7.18. The molecule has 5 rings (SSSR count). The Hall–Kier alpha value is -3.21. The van der Waals surface area contributed by atoms with E-state index in [1.54, 1.807) is 0 Å². The summed E-state index contributed by atoms with van der Waals surface area (Å²) in [7, 11) is 1.98. The van der Waals surface area contributed by atoms with Crippen molar-refractivity contribution in [2.24, 2.45) is 5.92 Å². The maximum atomic E-state index is 13.3. The molecular weight excluding hydrogens is 608 g/mol. The highest BCUT2D eigenvalue weighted by atomic mass is 16.6. The van der Waals surface area contributed by atoms with E-state index in [1.165, 1.54) is 0 Å². The second kappa shape index (κ2) is 16.0. The lowest BCUT2D eigenvalue weighted by Gasteiger charge is -2.55. The third-order valence-corrected chi connectivity index (χ3v) is 10.3. The first kappa shape index (κ1) is 36.1. The van der Waals surface area contributed by atoms with Gasteiger partial charge in [0.2, 0.25) is 17.5 Å². The zero-order chi connectivity index (χ0) is 34.3. The number of hydrogen-bond donors (Lipinski definition) is 1. The second-order valence-corrected chi connectivity index (χ2v) is 15.3. The molecule has 0 bridgehead atoms. The van der Waals surface area contributed by atoms with Gasteiger partial charge in [-0.3, -0.25) is 9.69 Å². The molecule has 1 saturated carbocycles. The lowest BCUT2D eigenvalue weighted by atomic mass is 9.74. The fourth-order valence-corrected chi connectivity index (χ4v) is 7.18. The number of rotatable bonds is 9. The van der Waals surface area contributed by atoms with Gasteiger partial charge in [0.15, 0.2) is 0 Å². The molecule has 0 radical (unpaired) electrons. The largest absolute Gasteiger partial charge is 0.474 e. The van der Waals surface area contributed by atoms with E-state index >= 15 is 0 Å². The minimum absolute atomic E-state index is 0.0488. The van der Waals surface area contributed by atoms with Crippen LogP contribution in [0.15, 0.2) is 10.6 Å². The summed E-state index contributed by atoms with van der Waals surface area (Å²) in [6, 6.07) is 1.95. The van der Waals surface area contributed by atoms with Crippen LogP contribution in [0.5, 0.6) is 5.88 Å². The second-order valence-electron chi connectivity index (χ2n) is 15.3. The Labute approximate surface area is 286 Å². The van der Waals surface area contributed by atoms with Crippen LogP contribution < -0.4 is 15.0 Å². The lowest BCUT2D eigenvalue weighted by molar-refractivity contribution is -0.119. The summed E-state index contributed by atoms with van der Waals surface area (Å²) in [6.07, 6.45) is 12.3. The van der Waals surface area contributed by atoms with Gasteiger partial charge < -0.3 is 24.2 Å². The van der Waals surface area contributed by atoms with Crippen molar-refractivity contribution in [2.75, 3.05) is 38.1 Å². The number of nitrogens with zero attached hydrogens (tertiary/aromatic N) is 5. The molecule has 11 nitrogen and oxygen atoms in total. The molecule has 1 spiro atoms. The van der Waals surface area contributed by atoms with Crippen molar-refractivity contribution in [3.63, 3.8) is 0 Å². The van der Waals surface area contributed by atoms with Crippen LogP contribution in [0, 0.1) is 5.92 Å². The number of ketones is 1. The molecular formula is C37H58N6O5. The third kappa shape index (κ3) is 9.07. The Balaban J connectivity index is 1.45. The number of carbonyl (C=O) groups is 2. The van der Waals surface area contributed by atoms with Crippen molar-refractivity contribution in [1.82, 2.24) is 25.3 Å². The Morgan fingerprint density at radius 1 is 1.02 bits per heavy atom. The number of Topliss-reactive ketones (excluding diaryl/α,β-unsaturated/α-hetero) is 1. The summed E-state index contributed by atoms with van der Waals surface area (Å²) in [5.74, 6) is 3.06. The summed E-state index contributed by atoms with van der Waals surface area (Å²) in [5.41, 5.74) is 1.19. The zero-order valence-electron chi connectivity index (χ0n) is 30.2. The molecule has 2 aliphatic carbocycles. The number of piperazine rings is 1. The molecule has 1 saturated heterocycles. The highest BCUT2D eigenvalue weighted by molar-refractivity contribution is 5.78. The predicted octanol–water partition coefficient (Wildman–Crippen LogP) is 6.91. The molecule has 1 aliphatic heterocycles. The Morgan fingerprint density at radius 2 is 1.75 bits per heavy atom. The highest BCUT2D eigenvalue weighted by Gasteiger charge is 2.50. The Bertz CT molecular complexity index is 1380. The Kier molecular flexibility index (Phi) is 12.0. The fraction of sp³-hybridized carbons (Fsp3) is 0.757. The minimum Gasteiger partial charge on any atom is -0.474 e. The van der Waals surface area contributed by atoms with E-state index in [9.17, 15) is 9.59 Å². The number of fused-ring (bicyclic) bond motifs is 1. The summed E-state index contributed by atoms with van der Waals surface area (Å²) >= 11 is 0. The SMILES string of the molecule is CNCCC[C@H](C)[C@H](C)Oc1cc(N2CCN(C(=O)OC(C)(C)C)C3(CCC3)C2)nc(-c2onc3c2CCCCC(=O)CCCCC3)n1. The lowest BCUT2D eigenvalue weighted by Crippen LogP contribution is -2.67. The van der Waals surface area contributed by atoms with Crippen LogP contribution in [0.4, 0.5) is 10.6 Å². The van der Waals surface area contributed by atoms with Crippen LogP contribution in [-0.4, -0.2) is 82.4 Å². The van der Waals surface area contributed by atoms with Gasteiger partial charge in [0, 0.05) is 44.1 Å². The highest BCUT2D eigenvalue weighted by Crippen LogP contribution is 2.42. The van der Waals surface area contributed by atoms with Crippen molar-refractivity contribution in [2.45, 2.75) is 142 Å². The van der Waals surface area contributed by atoms with Gasteiger partial charge in [0.1, 0.15) is 23.3 Å². The predicted molar refractivity (Wildman–Crippen MR) is 186 cm³/mol. The van der Waals surface area contributed by atoms with Crippen LogP contribution in [0.3, 0.4) is 0 Å². The van der Waals surface area contributed by atoms with Crippen LogP contribution >= 0.6 is 0 Å². The zero-order valence-corrected chi connectivity index (χ0v) is 30.2. The van der Waals surface area contributed by atoms with Crippen molar-refractivity contribution in [3.05, 3.63) is 17.3 Å². The van der Waals surface area contributed by atoms with Gasteiger partial charge in [-0.15, -0.1) is 0 Å². The van der Waals surface area contributed by atoms with Crippen molar-refractivity contribution >= 4 is 17.7 Å². The van der Waals surface area contributed by atoms with E-state index in [0.29, 0.717) is 61.6 Å². The number of carbonyl (C=O) groups excluding carboxylic acids is 2. The summed E-state index contributed by atoms with van der Waals surface area (Å²) in [6.45, 7) is 12.9. The normalized spacial score (nSPS) is 20.2. The first-order valence-electron chi connectivity index (χ1n) is 18.4. The van der Waals surface area contributed by atoms with Crippen LogP contribution in [0.25, 0.3) is 11.6 Å². The van der Waals surface area contributed by atoms with Crippen LogP contribution in [0.1, 0.15) is 123 Å². The van der Waals surface area contributed by atoms with Gasteiger partial charge in [0.25, 0.3) is 0 Å². The molecule has 48 heavy (non-hydrogen) atoms. The van der Waals surface area contributed by atoms with Crippen LogP contribution in [-0.2, 0) is 22.4 Å². The number of ether oxygens (including phenoxy) is 2. The van der Waals surface area contributed by atoms with E-state index in [0.717, 1.165) is 101 Å². The molecule has 2 aromatic heterocycles. The van der Waals surface area contributed by atoms with Crippen LogP contribution in [0.2, 0.25) is 0 Å². The molecule has 266 valence electrons. The summed E-state index contributed by atoms with van der Waals surface area (Å²) < 4.78 is 18.5. The van der Waals surface area contributed by atoms with Gasteiger partial charge in [-0.1, -0.05) is 18.5 Å². The van der Waals surface area contributed by atoms with Gasteiger partial charge >= 0.3 is 6.09 Å². The minimum atomic E-state index is -0.548. The molecule has 3 heterocycles. The van der Waals surface area contributed by atoms with E-state index < -0.39 is 5.60 Å². The average molecular weight is 667 g/mol. The quantitative estimate of drug-likeness (QED) is 0.282. The molecule has 3 aliphatic rings. The molecule has 1 amide bonds. The van der Waals surface area contributed by atoms with E-state index in [4.69, 9.17) is 24.0 Å². The standard InChI is InChI=1S/C37H58N6O5/c1-26(14-12-21-38-6)27(2)46-32-24-31(42-22-23-43(35(45)47-36(3,4)5)37(25-42)19-13-20-37)39-34(40-32)33-29-17-11-10-16-28(44)15-8-7-9-18-30(29)41-48-33/h24,26-27,38H,7-23,25H2,1-6H3/t26-,27-/m0/s1. The van der Waals surface area contributed by atoms with Gasteiger partial charge in [-0.25, -0.2) is 9.78 Å². The average Bonchev–Trinajstić information content (AvgIpc) is 3.42. The number of aromatic nitrogens is 3. The Morgan fingerprint density at radius 3 is 2.46 bits per heavy atom. The van der Waals surface area contributed by atoms with E-state index in [1.807, 2.05) is 38.8 Å². The van der Waals surface area contributed by atoms with Gasteiger partial charge in [-0.2, -0.15) is 4.98 Å². The maximum absolute atomic E-state index is 13.3. The van der Waals surface area contributed by atoms with E-state index in [2.05, 4.69) is 29.2 Å². The number of aryl methyl sites for hydroxylation is 1. The first-order chi connectivity index (χ1) is 23.0. The van der Waals surface area contributed by atoms with Crippen molar-refractivity contribution in [1.29, 1.82) is 0 Å². The molecule has 0 aromatic carbocycles. The van der Waals surface area contributed by atoms with E-state index in [-0.39, 0.29) is 17.7 Å². The molecule has 0 unspecified atom stereocenters. The number of anilines is 1. The van der Waals surface area contributed by atoms with Gasteiger partial charge in [0.05, 0.1) is 11.2 Å². The molecule has 2 aromatic rings. The van der Waals surface area contributed by atoms with Crippen molar-refractivity contribution in [3.8, 4) is 17.5 Å². The first-order valence-corrected chi connectivity index (χ1v) is 18.4. The third-order valence-electron chi connectivity index (χ3n) is 10.3. The maximum Gasteiger partial charge on any atom is 0.410 e. The monoisotopic (exact) mass is 666 g/mol. The molecule has 2 atom stereocenters. The number of amides is 1. The summed E-state index contributed by atoms with van der Waals surface area (Å²) in [4.78, 5) is 39.9. The van der Waals surface area contributed by atoms with Gasteiger partial charge in [-0.05, 0) is 118 Å². The molecule has 1 N–H and O–H groups in total. The molecule has 2 fully saturated rings. The smallest absolute Gasteiger partial charge is 0.410 e. The van der Waals surface area contributed by atoms with Crippen molar-refractivity contribution < 1.29 is 23.6 Å². The summed E-state index contributed by atoms with van der Waals surface area (Å²) in [5, 5.41) is 7.78. The number of nitrogens with one attached hydrogen (secondary N) is 1. The topological polar surface area (TPSA) is 123 Å². The number of hydrogen-bond acceptors (Lipinski definition) is 10.